The van der Waals surface area contributed by atoms with Crippen molar-refractivity contribution in [1.82, 2.24) is 4.90 Å². The summed E-state index contributed by atoms with van der Waals surface area (Å²) in [6.07, 6.45) is 6.98. The first kappa shape index (κ1) is 18.3. The van der Waals surface area contributed by atoms with Crippen molar-refractivity contribution in [1.29, 1.82) is 0 Å². The SMILES string of the molecule is CC(C)(C)OC(=O)N1CCC(CI)(OCCCC2CC2)CC1. The fourth-order valence-corrected chi connectivity index (χ4v) is 3.79. The number of ether oxygens (including phenoxy) is 2. The Hall–Kier alpha value is -0.0400. The molecule has 0 bridgehead atoms. The summed E-state index contributed by atoms with van der Waals surface area (Å²) in [4.78, 5) is 13.9. The van der Waals surface area contributed by atoms with Crippen LogP contribution in [0, 0.1) is 5.92 Å². The van der Waals surface area contributed by atoms with E-state index in [0.29, 0.717) is 0 Å². The quantitative estimate of drug-likeness (QED) is 0.361. The summed E-state index contributed by atoms with van der Waals surface area (Å²) < 4.78 is 12.7. The normalized spacial score (nSPS) is 21.7. The molecule has 0 unspecified atom stereocenters. The van der Waals surface area contributed by atoms with Crippen molar-refractivity contribution in [2.75, 3.05) is 24.1 Å². The van der Waals surface area contributed by atoms with Crippen molar-refractivity contribution < 1.29 is 14.3 Å². The molecule has 1 amide bonds. The summed E-state index contributed by atoms with van der Waals surface area (Å²) in [5.74, 6) is 0.980. The summed E-state index contributed by atoms with van der Waals surface area (Å²) in [5.41, 5.74) is -0.461. The molecule has 1 heterocycles. The lowest BCUT2D eigenvalue weighted by atomic mass is 9.93. The summed E-state index contributed by atoms with van der Waals surface area (Å²) in [6.45, 7) is 8.07. The second kappa shape index (κ2) is 7.69. The molecule has 2 rings (SSSR count). The number of halogens is 1. The van der Waals surface area contributed by atoms with Crippen molar-refractivity contribution in [2.24, 2.45) is 5.92 Å². The Morgan fingerprint density at radius 3 is 2.41 bits per heavy atom. The first-order valence-corrected chi connectivity index (χ1v) is 10.0. The lowest BCUT2D eigenvalue weighted by Crippen LogP contribution is -2.50. The molecule has 4 nitrogen and oxygen atoms in total. The standard InChI is InChI=1S/C17H30INO3/c1-16(2,3)22-15(20)19-10-8-17(13-18,9-11-19)21-12-4-5-14-6-7-14/h14H,4-13H2,1-3H3. The largest absolute Gasteiger partial charge is 0.444 e. The van der Waals surface area contributed by atoms with Crippen molar-refractivity contribution in [2.45, 2.75) is 70.5 Å². The van der Waals surface area contributed by atoms with Crippen LogP contribution in [0.25, 0.3) is 0 Å². The van der Waals surface area contributed by atoms with E-state index >= 15 is 0 Å². The number of alkyl halides is 1. The van der Waals surface area contributed by atoms with Crippen LogP contribution in [0.5, 0.6) is 0 Å². The summed E-state index contributed by atoms with van der Waals surface area (Å²) >= 11 is 2.42. The molecule has 0 N–H and O–H groups in total. The fraction of sp³-hybridized carbons (Fsp3) is 0.941. The second-order valence-electron chi connectivity index (χ2n) is 7.72. The van der Waals surface area contributed by atoms with Crippen LogP contribution in [0.1, 0.15) is 59.3 Å². The minimum atomic E-state index is -0.422. The van der Waals surface area contributed by atoms with Crippen LogP contribution in [-0.4, -0.2) is 46.3 Å². The third kappa shape index (κ3) is 5.87. The Balaban J connectivity index is 1.73. The van der Waals surface area contributed by atoms with Crippen molar-refractivity contribution in [3.8, 4) is 0 Å². The molecule has 0 aromatic heterocycles. The van der Waals surface area contributed by atoms with Gasteiger partial charge in [0.15, 0.2) is 0 Å². The van der Waals surface area contributed by atoms with E-state index in [1.807, 2.05) is 25.7 Å². The van der Waals surface area contributed by atoms with Gasteiger partial charge >= 0.3 is 6.09 Å². The Morgan fingerprint density at radius 2 is 1.91 bits per heavy atom. The molecule has 2 fully saturated rings. The van der Waals surface area contributed by atoms with Gasteiger partial charge in [0.2, 0.25) is 0 Å². The minimum Gasteiger partial charge on any atom is -0.444 e. The second-order valence-corrected chi connectivity index (χ2v) is 8.48. The maximum absolute atomic E-state index is 12.1. The number of carbonyl (C=O) groups excluding carboxylic acids is 1. The van der Waals surface area contributed by atoms with Crippen molar-refractivity contribution in [3.05, 3.63) is 0 Å². The van der Waals surface area contributed by atoms with Gasteiger partial charge in [-0.25, -0.2) is 4.79 Å². The van der Waals surface area contributed by atoms with Crippen LogP contribution in [-0.2, 0) is 9.47 Å². The van der Waals surface area contributed by atoms with E-state index in [0.717, 1.165) is 42.9 Å². The lowest BCUT2D eigenvalue weighted by Gasteiger charge is -2.41. The molecule has 1 aliphatic carbocycles. The van der Waals surface area contributed by atoms with Crippen LogP contribution >= 0.6 is 22.6 Å². The maximum Gasteiger partial charge on any atom is 0.410 e. The molecule has 1 saturated heterocycles. The minimum absolute atomic E-state index is 0.0391. The highest BCUT2D eigenvalue weighted by molar-refractivity contribution is 14.1. The highest BCUT2D eigenvalue weighted by Crippen LogP contribution is 2.34. The van der Waals surface area contributed by atoms with Gasteiger partial charge in [0.25, 0.3) is 0 Å². The number of carbonyl (C=O) groups is 1. The molecule has 0 aromatic carbocycles. The number of hydrogen-bond donors (Lipinski definition) is 0. The Kier molecular flexibility index (Phi) is 6.39. The Morgan fingerprint density at radius 1 is 1.27 bits per heavy atom. The topological polar surface area (TPSA) is 38.8 Å². The zero-order valence-corrected chi connectivity index (χ0v) is 16.4. The van der Waals surface area contributed by atoms with Gasteiger partial charge in [-0.2, -0.15) is 0 Å². The van der Waals surface area contributed by atoms with Gasteiger partial charge in [0, 0.05) is 24.1 Å². The first-order chi connectivity index (χ1) is 10.3. The van der Waals surface area contributed by atoms with Gasteiger partial charge in [-0.15, -0.1) is 0 Å². The number of amides is 1. The number of likely N-dealkylation sites (tertiary alicyclic amines) is 1. The van der Waals surface area contributed by atoms with Crippen LogP contribution in [0.2, 0.25) is 0 Å². The van der Waals surface area contributed by atoms with Crippen LogP contribution < -0.4 is 0 Å². The fourth-order valence-electron chi connectivity index (χ4n) is 2.81. The predicted molar refractivity (Wildman–Crippen MR) is 96.6 cm³/mol. The number of piperidine rings is 1. The van der Waals surface area contributed by atoms with Crippen molar-refractivity contribution >= 4 is 28.7 Å². The zero-order valence-electron chi connectivity index (χ0n) is 14.2. The Bertz CT molecular complexity index is 369. The average Bonchev–Trinajstić information content (AvgIpc) is 3.26. The Labute approximate surface area is 148 Å². The van der Waals surface area contributed by atoms with Crippen molar-refractivity contribution in [3.63, 3.8) is 0 Å². The highest BCUT2D eigenvalue weighted by atomic mass is 127. The molecule has 1 saturated carbocycles. The number of hydrogen-bond acceptors (Lipinski definition) is 3. The molecule has 1 aliphatic heterocycles. The maximum atomic E-state index is 12.1. The summed E-state index contributed by atoms with van der Waals surface area (Å²) in [7, 11) is 0. The molecule has 0 atom stereocenters. The average molecular weight is 423 g/mol. The summed E-state index contributed by atoms with van der Waals surface area (Å²) in [5, 5.41) is 0. The zero-order chi connectivity index (χ0) is 16.2. The molecule has 22 heavy (non-hydrogen) atoms. The van der Waals surface area contributed by atoms with E-state index < -0.39 is 5.60 Å². The molecular formula is C17H30INO3. The molecular weight excluding hydrogens is 393 g/mol. The van der Waals surface area contributed by atoms with E-state index in [-0.39, 0.29) is 11.7 Å². The molecule has 0 radical (unpaired) electrons. The third-order valence-electron chi connectivity index (χ3n) is 4.43. The van der Waals surface area contributed by atoms with E-state index in [2.05, 4.69) is 22.6 Å². The lowest BCUT2D eigenvalue weighted by molar-refractivity contribution is -0.0685. The first-order valence-electron chi connectivity index (χ1n) is 8.51. The number of rotatable bonds is 6. The van der Waals surface area contributed by atoms with Gasteiger partial charge in [-0.1, -0.05) is 35.4 Å². The van der Waals surface area contributed by atoms with Crippen LogP contribution in [0.3, 0.4) is 0 Å². The molecule has 0 spiro atoms. The van der Waals surface area contributed by atoms with Crippen LogP contribution in [0.15, 0.2) is 0 Å². The van der Waals surface area contributed by atoms with Gasteiger partial charge in [-0.05, 0) is 52.4 Å². The van der Waals surface area contributed by atoms with E-state index in [9.17, 15) is 4.79 Å². The third-order valence-corrected chi connectivity index (χ3v) is 5.82. The number of nitrogens with zero attached hydrogens (tertiary/aromatic N) is 1. The van der Waals surface area contributed by atoms with Gasteiger partial charge in [-0.3, -0.25) is 0 Å². The molecule has 2 aliphatic rings. The van der Waals surface area contributed by atoms with E-state index in [1.165, 1.54) is 25.7 Å². The smallest absolute Gasteiger partial charge is 0.410 e. The van der Waals surface area contributed by atoms with Gasteiger partial charge in [0.1, 0.15) is 5.60 Å². The van der Waals surface area contributed by atoms with Gasteiger partial charge < -0.3 is 14.4 Å². The van der Waals surface area contributed by atoms with Crippen LogP contribution in [0.4, 0.5) is 4.79 Å². The molecule has 5 heteroatoms. The van der Waals surface area contributed by atoms with E-state index in [1.54, 1.807) is 0 Å². The monoisotopic (exact) mass is 423 g/mol. The predicted octanol–water partition coefficient (Wildman–Crippen LogP) is 4.40. The molecule has 128 valence electrons. The van der Waals surface area contributed by atoms with Gasteiger partial charge in [0.05, 0.1) is 5.60 Å². The summed E-state index contributed by atoms with van der Waals surface area (Å²) in [6, 6.07) is 0. The van der Waals surface area contributed by atoms with E-state index in [4.69, 9.17) is 9.47 Å². The highest BCUT2D eigenvalue weighted by Gasteiger charge is 2.37. The molecule has 0 aromatic rings.